The molecule has 0 bridgehead atoms. The van der Waals surface area contributed by atoms with Crippen molar-refractivity contribution in [2.75, 3.05) is 26.2 Å². The van der Waals surface area contributed by atoms with Crippen LogP contribution in [0.25, 0.3) is 0 Å². The summed E-state index contributed by atoms with van der Waals surface area (Å²) >= 11 is 0. The SMILES string of the molecule is CCOC(=O)[C@H](CCN(CC)CC)C(C)=O. The van der Waals surface area contributed by atoms with E-state index in [1.54, 1.807) is 6.92 Å². The van der Waals surface area contributed by atoms with Crippen molar-refractivity contribution in [1.29, 1.82) is 0 Å². The Bertz CT molecular complexity index is 224. The van der Waals surface area contributed by atoms with Gasteiger partial charge in [0.25, 0.3) is 0 Å². The zero-order chi connectivity index (χ0) is 12.6. The van der Waals surface area contributed by atoms with Crippen LogP contribution in [0.2, 0.25) is 0 Å². The lowest BCUT2D eigenvalue weighted by molar-refractivity contribution is -0.151. The minimum atomic E-state index is -0.597. The van der Waals surface area contributed by atoms with Crippen molar-refractivity contribution in [2.45, 2.75) is 34.1 Å². The Morgan fingerprint density at radius 3 is 2.12 bits per heavy atom. The molecular formula is C12H23NO3. The van der Waals surface area contributed by atoms with Gasteiger partial charge in [-0.15, -0.1) is 0 Å². The second kappa shape index (κ2) is 8.28. The standard InChI is InChI=1S/C12H23NO3/c1-5-13(6-2)9-8-11(10(4)14)12(15)16-7-3/h11H,5-9H2,1-4H3/t11-/m1/s1. The maximum atomic E-state index is 11.5. The van der Waals surface area contributed by atoms with E-state index in [4.69, 9.17) is 4.74 Å². The van der Waals surface area contributed by atoms with Crippen LogP contribution >= 0.6 is 0 Å². The van der Waals surface area contributed by atoms with Gasteiger partial charge < -0.3 is 9.64 Å². The second-order valence-corrected chi connectivity index (χ2v) is 3.73. The lowest BCUT2D eigenvalue weighted by Crippen LogP contribution is -2.31. The van der Waals surface area contributed by atoms with Crippen molar-refractivity contribution in [3.8, 4) is 0 Å². The van der Waals surface area contributed by atoms with Gasteiger partial charge in [0.1, 0.15) is 11.7 Å². The number of rotatable bonds is 8. The van der Waals surface area contributed by atoms with E-state index in [1.165, 1.54) is 6.92 Å². The largest absolute Gasteiger partial charge is 0.465 e. The van der Waals surface area contributed by atoms with E-state index >= 15 is 0 Å². The van der Waals surface area contributed by atoms with Gasteiger partial charge in [0.2, 0.25) is 0 Å². The van der Waals surface area contributed by atoms with Gasteiger partial charge in [-0.2, -0.15) is 0 Å². The highest BCUT2D eigenvalue weighted by atomic mass is 16.5. The maximum Gasteiger partial charge on any atom is 0.316 e. The number of carbonyl (C=O) groups is 2. The third-order valence-electron chi connectivity index (χ3n) is 2.69. The molecule has 4 nitrogen and oxygen atoms in total. The normalized spacial score (nSPS) is 12.6. The molecule has 94 valence electrons. The monoisotopic (exact) mass is 229 g/mol. The van der Waals surface area contributed by atoms with Crippen LogP contribution in [0.3, 0.4) is 0 Å². The van der Waals surface area contributed by atoms with E-state index in [-0.39, 0.29) is 11.8 Å². The van der Waals surface area contributed by atoms with Crippen LogP contribution in [0, 0.1) is 5.92 Å². The molecule has 0 heterocycles. The summed E-state index contributed by atoms with van der Waals surface area (Å²) in [5.41, 5.74) is 0. The Morgan fingerprint density at radius 1 is 1.19 bits per heavy atom. The molecule has 0 rings (SSSR count). The fourth-order valence-electron chi connectivity index (χ4n) is 1.58. The molecule has 0 aromatic heterocycles. The van der Waals surface area contributed by atoms with E-state index in [1.807, 2.05) is 0 Å². The lowest BCUT2D eigenvalue weighted by Gasteiger charge is -2.20. The fourth-order valence-corrected chi connectivity index (χ4v) is 1.58. The summed E-state index contributed by atoms with van der Waals surface area (Å²) in [7, 11) is 0. The topological polar surface area (TPSA) is 46.6 Å². The predicted octanol–water partition coefficient (Wildman–Crippen LogP) is 1.49. The molecule has 0 amide bonds. The Kier molecular flexibility index (Phi) is 7.81. The highest BCUT2D eigenvalue weighted by Gasteiger charge is 2.24. The van der Waals surface area contributed by atoms with Gasteiger partial charge in [-0.1, -0.05) is 13.8 Å². The minimum absolute atomic E-state index is 0.106. The number of ether oxygens (including phenoxy) is 1. The molecular weight excluding hydrogens is 206 g/mol. The average molecular weight is 229 g/mol. The van der Waals surface area contributed by atoms with Crippen LogP contribution in [0.4, 0.5) is 0 Å². The molecule has 1 atom stereocenters. The van der Waals surface area contributed by atoms with E-state index in [2.05, 4.69) is 18.7 Å². The summed E-state index contributed by atoms with van der Waals surface area (Å²) in [4.78, 5) is 25.0. The smallest absolute Gasteiger partial charge is 0.316 e. The second-order valence-electron chi connectivity index (χ2n) is 3.73. The van der Waals surface area contributed by atoms with Crippen molar-refractivity contribution in [3.05, 3.63) is 0 Å². The molecule has 0 aliphatic carbocycles. The Balaban J connectivity index is 4.23. The van der Waals surface area contributed by atoms with Crippen LogP contribution in [0.1, 0.15) is 34.1 Å². The Labute approximate surface area is 98.0 Å². The van der Waals surface area contributed by atoms with E-state index in [0.29, 0.717) is 13.0 Å². The summed E-state index contributed by atoms with van der Waals surface area (Å²) in [5.74, 6) is -1.09. The van der Waals surface area contributed by atoms with E-state index in [9.17, 15) is 9.59 Å². The van der Waals surface area contributed by atoms with Gasteiger partial charge in [-0.25, -0.2) is 0 Å². The third-order valence-corrected chi connectivity index (χ3v) is 2.69. The first-order chi connectivity index (χ1) is 7.56. The van der Waals surface area contributed by atoms with Crippen molar-refractivity contribution >= 4 is 11.8 Å². The predicted molar refractivity (Wildman–Crippen MR) is 63.2 cm³/mol. The zero-order valence-corrected chi connectivity index (χ0v) is 10.8. The van der Waals surface area contributed by atoms with Gasteiger partial charge in [0, 0.05) is 0 Å². The van der Waals surface area contributed by atoms with Crippen LogP contribution in [0.15, 0.2) is 0 Å². The summed E-state index contributed by atoms with van der Waals surface area (Å²) in [6.07, 6.45) is 0.551. The van der Waals surface area contributed by atoms with E-state index < -0.39 is 5.92 Å². The van der Waals surface area contributed by atoms with Gasteiger partial charge >= 0.3 is 5.97 Å². The van der Waals surface area contributed by atoms with Crippen LogP contribution in [0.5, 0.6) is 0 Å². The third kappa shape index (κ3) is 5.26. The van der Waals surface area contributed by atoms with Crippen molar-refractivity contribution < 1.29 is 14.3 Å². The average Bonchev–Trinajstić information content (AvgIpc) is 2.24. The first-order valence-electron chi connectivity index (χ1n) is 5.96. The van der Waals surface area contributed by atoms with Crippen LogP contribution in [-0.2, 0) is 14.3 Å². The first kappa shape index (κ1) is 15.1. The maximum absolute atomic E-state index is 11.5. The molecule has 16 heavy (non-hydrogen) atoms. The summed E-state index contributed by atoms with van der Waals surface area (Å²) in [6.45, 7) is 10.3. The molecule has 0 aliphatic heterocycles. The van der Waals surface area contributed by atoms with Gasteiger partial charge in [0.05, 0.1) is 6.61 Å². The number of nitrogens with zero attached hydrogens (tertiary/aromatic N) is 1. The molecule has 0 fully saturated rings. The summed E-state index contributed by atoms with van der Waals surface area (Å²) < 4.78 is 4.89. The molecule has 0 saturated heterocycles. The van der Waals surface area contributed by atoms with Crippen molar-refractivity contribution in [1.82, 2.24) is 4.90 Å². The van der Waals surface area contributed by atoms with Crippen molar-refractivity contribution in [3.63, 3.8) is 0 Å². The Hall–Kier alpha value is -0.900. The van der Waals surface area contributed by atoms with Crippen molar-refractivity contribution in [2.24, 2.45) is 5.92 Å². The lowest BCUT2D eigenvalue weighted by atomic mass is 10.0. The molecule has 0 spiro atoms. The van der Waals surface area contributed by atoms with Gasteiger partial charge in [0.15, 0.2) is 0 Å². The molecule has 0 aliphatic rings. The minimum Gasteiger partial charge on any atom is -0.465 e. The zero-order valence-electron chi connectivity index (χ0n) is 10.8. The summed E-state index contributed by atoms with van der Waals surface area (Å²) in [6, 6.07) is 0. The number of hydrogen-bond donors (Lipinski definition) is 0. The number of Topliss-reactive ketones (excluding diaryl/α,β-unsaturated/α-hetero) is 1. The highest BCUT2D eigenvalue weighted by Crippen LogP contribution is 2.09. The molecule has 4 heteroatoms. The molecule has 0 unspecified atom stereocenters. The molecule has 0 radical (unpaired) electrons. The van der Waals surface area contributed by atoms with Crippen LogP contribution < -0.4 is 0 Å². The first-order valence-corrected chi connectivity index (χ1v) is 5.96. The highest BCUT2D eigenvalue weighted by molar-refractivity contribution is 5.97. The summed E-state index contributed by atoms with van der Waals surface area (Å²) in [5, 5.41) is 0. The fraction of sp³-hybridized carbons (Fsp3) is 0.833. The molecule has 0 aromatic rings. The quantitative estimate of drug-likeness (QED) is 0.467. The van der Waals surface area contributed by atoms with Crippen LogP contribution in [-0.4, -0.2) is 42.9 Å². The molecule has 0 saturated carbocycles. The number of ketones is 1. The number of hydrogen-bond acceptors (Lipinski definition) is 4. The molecule has 0 N–H and O–H groups in total. The number of carbonyl (C=O) groups excluding carboxylic acids is 2. The van der Waals surface area contributed by atoms with E-state index in [0.717, 1.165) is 19.6 Å². The number of esters is 1. The van der Waals surface area contributed by atoms with Gasteiger partial charge in [-0.3, -0.25) is 9.59 Å². The van der Waals surface area contributed by atoms with Gasteiger partial charge in [-0.05, 0) is 39.9 Å². The Morgan fingerprint density at radius 2 is 1.75 bits per heavy atom. The molecule has 0 aromatic carbocycles.